The number of nitrogens with one attached hydrogen (secondary N) is 1. The van der Waals surface area contributed by atoms with E-state index in [0.717, 1.165) is 10.6 Å². The predicted molar refractivity (Wildman–Crippen MR) is 90.0 cm³/mol. The number of carbonyl (C=O) groups is 1. The summed E-state index contributed by atoms with van der Waals surface area (Å²) >= 11 is 7.46. The Bertz CT molecular complexity index is 792. The lowest BCUT2D eigenvalue weighted by Crippen LogP contribution is -2.14. The highest BCUT2D eigenvalue weighted by molar-refractivity contribution is 8.00. The van der Waals surface area contributed by atoms with E-state index in [-0.39, 0.29) is 5.91 Å². The molecule has 23 heavy (non-hydrogen) atoms. The third kappa shape index (κ3) is 4.08. The maximum atomic E-state index is 12.0. The number of tetrazole rings is 1. The van der Waals surface area contributed by atoms with Crippen LogP contribution in [0, 0.1) is 0 Å². The van der Waals surface area contributed by atoms with Crippen molar-refractivity contribution >= 4 is 35.0 Å². The molecule has 0 saturated carbocycles. The number of carbonyl (C=O) groups excluding carboxylic acids is 1. The fourth-order valence-corrected chi connectivity index (χ4v) is 2.92. The average molecular weight is 346 g/mol. The zero-order valence-corrected chi connectivity index (χ0v) is 13.5. The Hall–Kier alpha value is -2.38. The van der Waals surface area contributed by atoms with Crippen LogP contribution < -0.4 is 5.32 Å². The molecule has 0 unspecified atom stereocenters. The second-order valence-electron chi connectivity index (χ2n) is 4.57. The summed E-state index contributed by atoms with van der Waals surface area (Å²) in [7, 11) is 0. The quantitative estimate of drug-likeness (QED) is 0.719. The molecule has 6 nitrogen and oxygen atoms in total. The van der Waals surface area contributed by atoms with Crippen LogP contribution in [-0.2, 0) is 4.79 Å². The molecule has 0 spiro atoms. The molecular weight excluding hydrogens is 334 g/mol. The number of anilines is 1. The molecule has 1 heterocycles. The average Bonchev–Trinajstić information content (AvgIpc) is 3.09. The molecule has 1 aromatic heterocycles. The minimum atomic E-state index is -0.0925. The van der Waals surface area contributed by atoms with Gasteiger partial charge in [0.05, 0.1) is 16.5 Å². The highest BCUT2D eigenvalue weighted by atomic mass is 35.5. The molecule has 0 bridgehead atoms. The maximum absolute atomic E-state index is 12.0. The fraction of sp³-hybridized carbons (Fsp3) is 0.0667. The standard InChI is InChI=1S/C15H12ClN5OS/c16-13-3-1-2-4-14(13)23-9-15(22)18-11-5-7-12(8-6-11)21-10-17-19-20-21/h1-8,10H,9H2,(H,18,22). The van der Waals surface area contributed by atoms with Crippen molar-refractivity contribution in [2.75, 3.05) is 11.1 Å². The van der Waals surface area contributed by atoms with Gasteiger partial charge in [0.25, 0.3) is 0 Å². The first-order valence-corrected chi connectivity index (χ1v) is 8.09. The number of halogens is 1. The lowest BCUT2D eigenvalue weighted by Gasteiger charge is -2.07. The van der Waals surface area contributed by atoms with Crippen LogP contribution in [0.25, 0.3) is 5.69 Å². The molecule has 3 aromatic rings. The second-order valence-corrected chi connectivity index (χ2v) is 5.99. The van der Waals surface area contributed by atoms with Crippen molar-refractivity contribution in [3.63, 3.8) is 0 Å². The van der Waals surface area contributed by atoms with Gasteiger partial charge in [0.15, 0.2) is 0 Å². The molecule has 1 N–H and O–H groups in total. The van der Waals surface area contributed by atoms with E-state index >= 15 is 0 Å². The summed E-state index contributed by atoms with van der Waals surface area (Å²) in [5.74, 6) is 0.198. The van der Waals surface area contributed by atoms with Gasteiger partial charge in [-0.2, -0.15) is 0 Å². The van der Waals surface area contributed by atoms with Crippen LogP contribution in [0.2, 0.25) is 5.02 Å². The summed E-state index contributed by atoms with van der Waals surface area (Å²) in [6, 6.07) is 14.7. The molecule has 0 atom stereocenters. The summed E-state index contributed by atoms with van der Waals surface area (Å²) in [6.45, 7) is 0. The molecule has 0 radical (unpaired) electrons. The van der Waals surface area contributed by atoms with E-state index in [1.807, 2.05) is 30.3 Å². The normalized spacial score (nSPS) is 10.5. The van der Waals surface area contributed by atoms with E-state index in [4.69, 9.17) is 11.6 Å². The minimum absolute atomic E-state index is 0.0925. The molecular formula is C15H12ClN5OS. The number of hydrogen-bond donors (Lipinski definition) is 1. The number of hydrogen-bond acceptors (Lipinski definition) is 5. The Morgan fingerprint density at radius 1 is 1.17 bits per heavy atom. The van der Waals surface area contributed by atoms with Crippen molar-refractivity contribution in [2.24, 2.45) is 0 Å². The largest absolute Gasteiger partial charge is 0.325 e. The van der Waals surface area contributed by atoms with E-state index in [2.05, 4.69) is 20.8 Å². The molecule has 116 valence electrons. The Kier molecular flexibility index (Phi) is 4.89. The maximum Gasteiger partial charge on any atom is 0.234 e. The number of benzene rings is 2. The summed E-state index contributed by atoms with van der Waals surface area (Å²) < 4.78 is 1.54. The molecule has 0 aliphatic rings. The van der Waals surface area contributed by atoms with Crippen molar-refractivity contribution < 1.29 is 4.79 Å². The van der Waals surface area contributed by atoms with Crippen LogP contribution >= 0.6 is 23.4 Å². The van der Waals surface area contributed by atoms with Crippen LogP contribution in [0.1, 0.15) is 0 Å². The summed E-state index contributed by atoms with van der Waals surface area (Å²) in [4.78, 5) is 12.9. The topological polar surface area (TPSA) is 72.7 Å². The first-order chi connectivity index (χ1) is 11.2. The van der Waals surface area contributed by atoms with Gasteiger partial charge in [-0.25, -0.2) is 4.68 Å². The molecule has 0 aliphatic carbocycles. The molecule has 2 aromatic carbocycles. The zero-order chi connectivity index (χ0) is 16.1. The van der Waals surface area contributed by atoms with Crippen molar-refractivity contribution in [3.8, 4) is 5.69 Å². The monoisotopic (exact) mass is 345 g/mol. The van der Waals surface area contributed by atoms with Gasteiger partial charge in [0, 0.05) is 10.6 Å². The van der Waals surface area contributed by atoms with Crippen molar-refractivity contribution in [1.29, 1.82) is 0 Å². The number of amides is 1. The second kappa shape index (κ2) is 7.26. The highest BCUT2D eigenvalue weighted by Crippen LogP contribution is 2.26. The smallest absolute Gasteiger partial charge is 0.234 e. The van der Waals surface area contributed by atoms with Crippen LogP contribution in [0.4, 0.5) is 5.69 Å². The minimum Gasteiger partial charge on any atom is -0.325 e. The van der Waals surface area contributed by atoms with Gasteiger partial charge in [0.1, 0.15) is 6.33 Å². The zero-order valence-electron chi connectivity index (χ0n) is 11.9. The lowest BCUT2D eigenvalue weighted by atomic mass is 10.3. The Morgan fingerprint density at radius 2 is 1.96 bits per heavy atom. The molecule has 0 saturated heterocycles. The van der Waals surface area contributed by atoms with Crippen molar-refractivity contribution in [2.45, 2.75) is 4.90 Å². The predicted octanol–water partition coefficient (Wildman–Crippen LogP) is 3.05. The molecule has 3 rings (SSSR count). The molecule has 0 fully saturated rings. The van der Waals surface area contributed by atoms with Gasteiger partial charge >= 0.3 is 0 Å². The SMILES string of the molecule is O=C(CSc1ccccc1Cl)Nc1ccc(-n2cnnn2)cc1. The third-order valence-electron chi connectivity index (χ3n) is 2.96. The molecule has 0 aliphatic heterocycles. The Morgan fingerprint density at radius 3 is 2.65 bits per heavy atom. The van der Waals surface area contributed by atoms with Gasteiger partial charge in [-0.05, 0) is 46.8 Å². The van der Waals surface area contributed by atoms with E-state index in [1.165, 1.54) is 18.1 Å². The Labute approximate surface area is 141 Å². The first-order valence-electron chi connectivity index (χ1n) is 6.73. The van der Waals surface area contributed by atoms with Crippen LogP contribution in [0.5, 0.6) is 0 Å². The van der Waals surface area contributed by atoms with Crippen molar-refractivity contribution in [1.82, 2.24) is 20.2 Å². The van der Waals surface area contributed by atoms with Gasteiger partial charge in [0.2, 0.25) is 5.91 Å². The summed E-state index contributed by atoms with van der Waals surface area (Å²) in [6.07, 6.45) is 1.51. The highest BCUT2D eigenvalue weighted by Gasteiger charge is 2.06. The number of nitrogens with zero attached hydrogens (tertiary/aromatic N) is 4. The number of rotatable bonds is 5. The van der Waals surface area contributed by atoms with Gasteiger partial charge in [-0.3, -0.25) is 4.79 Å². The van der Waals surface area contributed by atoms with E-state index < -0.39 is 0 Å². The fourth-order valence-electron chi connectivity index (χ4n) is 1.88. The number of thioether (sulfide) groups is 1. The third-order valence-corrected chi connectivity index (χ3v) is 4.48. The number of aromatic nitrogens is 4. The lowest BCUT2D eigenvalue weighted by molar-refractivity contribution is -0.113. The van der Waals surface area contributed by atoms with Gasteiger partial charge in [-0.1, -0.05) is 23.7 Å². The van der Waals surface area contributed by atoms with Gasteiger partial charge in [-0.15, -0.1) is 16.9 Å². The molecule has 1 amide bonds. The van der Waals surface area contributed by atoms with E-state index in [1.54, 1.807) is 22.9 Å². The summed E-state index contributed by atoms with van der Waals surface area (Å²) in [5.41, 5.74) is 1.53. The van der Waals surface area contributed by atoms with Gasteiger partial charge < -0.3 is 5.32 Å². The van der Waals surface area contributed by atoms with Crippen LogP contribution in [0.3, 0.4) is 0 Å². The molecule has 8 heteroatoms. The van der Waals surface area contributed by atoms with Crippen molar-refractivity contribution in [3.05, 3.63) is 59.9 Å². The Balaban J connectivity index is 1.57. The van der Waals surface area contributed by atoms with E-state index in [9.17, 15) is 4.79 Å². The van der Waals surface area contributed by atoms with Crippen LogP contribution in [0.15, 0.2) is 59.8 Å². The van der Waals surface area contributed by atoms with E-state index in [0.29, 0.717) is 16.5 Å². The summed E-state index contributed by atoms with van der Waals surface area (Å²) in [5, 5.41) is 14.4. The first kappa shape index (κ1) is 15.5. The van der Waals surface area contributed by atoms with Crippen LogP contribution in [-0.4, -0.2) is 31.9 Å².